The zero-order chi connectivity index (χ0) is 35.6. The molecule has 19 nitrogen and oxygen atoms in total. The van der Waals surface area contributed by atoms with Crippen molar-refractivity contribution in [3.05, 3.63) is 0 Å². The number of ether oxygens (including phenoxy) is 11. The highest BCUT2D eigenvalue weighted by Crippen LogP contribution is 2.35. The van der Waals surface area contributed by atoms with Gasteiger partial charge in [0.15, 0.2) is 30.7 Å². The summed E-state index contributed by atoms with van der Waals surface area (Å²) in [5.74, 6) is -7.02. The summed E-state index contributed by atoms with van der Waals surface area (Å²) in [6, 6.07) is 0. The third-order valence-electron chi connectivity index (χ3n) is 6.17. The minimum absolute atomic E-state index is 0.590. The normalized spacial score (nSPS) is 30.0. The van der Waals surface area contributed by atoms with Gasteiger partial charge >= 0.3 is 47.8 Å². The van der Waals surface area contributed by atoms with Crippen LogP contribution in [0, 0.1) is 0 Å². The van der Waals surface area contributed by atoms with Crippen molar-refractivity contribution in [2.45, 2.75) is 117 Å². The summed E-state index contributed by atoms with van der Waals surface area (Å²) in [4.78, 5) is 96.3. The molecule has 2 aliphatic rings. The molecule has 0 aromatic carbocycles. The third-order valence-corrected chi connectivity index (χ3v) is 6.17. The molecule has 2 aliphatic heterocycles. The van der Waals surface area contributed by atoms with E-state index >= 15 is 0 Å². The topological polar surface area (TPSA) is 238 Å². The highest BCUT2D eigenvalue weighted by Gasteiger charge is 2.58. The quantitative estimate of drug-likeness (QED) is 0.181. The first kappa shape index (κ1) is 38.8. The molecule has 0 N–H and O–H groups in total. The molecule has 10 atom stereocenters. The summed E-state index contributed by atoms with van der Waals surface area (Å²) < 4.78 is 60.2. The highest BCUT2D eigenvalue weighted by molar-refractivity contribution is 5.70. The first-order chi connectivity index (χ1) is 21.9. The van der Waals surface area contributed by atoms with Crippen LogP contribution in [0.15, 0.2) is 0 Å². The molecule has 0 unspecified atom stereocenters. The summed E-state index contributed by atoms with van der Waals surface area (Å²) >= 11 is 0. The maximum Gasteiger partial charge on any atom is 0.305 e. The minimum Gasteiger partial charge on any atom is -0.463 e. The van der Waals surface area contributed by atoms with Crippen LogP contribution in [0.2, 0.25) is 0 Å². The summed E-state index contributed by atoms with van der Waals surface area (Å²) in [6.07, 6.45) is -16.3. The molecule has 0 aromatic heterocycles. The fourth-order valence-electron chi connectivity index (χ4n) is 4.73. The second-order valence-electron chi connectivity index (χ2n) is 10.3. The van der Waals surface area contributed by atoms with E-state index in [1.165, 1.54) is 0 Å². The van der Waals surface area contributed by atoms with Crippen molar-refractivity contribution in [3.8, 4) is 0 Å². The molecule has 264 valence electrons. The molecule has 0 bridgehead atoms. The molecule has 0 aromatic rings. The van der Waals surface area contributed by atoms with Gasteiger partial charge < -0.3 is 52.1 Å². The van der Waals surface area contributed by atoms with Crippen molar-refractivity contribution in [1.82, 2.24) is 0 Å². The maximum atomic E-state index is 12.3. The monoisotopic (exact) mass is 678 g/mol. The maximum absolute atomic E-state index is 12.3. The lowest BCUT2D eigenvalue weighted by molar-refractivity contribution is -0.357. The van der Waals surface area contributed by atoms with Gasteiger partial charge in [0.2, 0.25) is 12.4 Å². The Bertz CT molecular complexity index is 1200. The number of esters is 8. The fourth-order valence-corrected chi connectivity index (χ4v) is 4.73. The molecule has 0 amide bonds. The van der Waals surface area contributed by atoms with Crippen molar-refractivity contribution in [3.63, 3.8) is 0 Å². The second kappa shape index (κ2) is 17.5. The van der Waals surface area contributed by atoms with Crippen molar-refractivity contribution in [1.29, 1.82) is 0 Å². The van der Waals surface area contributed by atoms with Crippen molar-refractivity contribution in [2.24, 2.45) is 0 Å². The standard InChI is InChI=1S/C28H38O19/c1-11(29)37-9-19-21(39-13(3)31)23(40-14(4)32)26(43-17(7)35)28(46-19)47-22-20(10-38-12(2)30)45-27(44-18(8)36)25(42-16(6)34)24(22)41-15(5)33/h19-28H,9-10H2,1-8H3/t19-,20-,21-,22-,23+,24+,25+,26+,27-,28-/m1/s1. The van der Waals surface area contributed by atoms with Crippen LogP contribution in [-0.4, -0.2) is 122 Å². The van der Waals surface area contributed by atoms with Gasteiger partial charge in [-0.15, -0.1) is 0 Å². The molecule has 0 saturated carbocycles. The lowest BCUT2D eigenvalue weighted by Crippen LogP contribution is -2.67. The van der Waals surface area contributed by atoms with Crippen LogP contribution in [0.1, 0.15) is 55.4 Å². The van der Waals surface area contributed by atoms with E-state index < -0.39 is 122 Å². The molecule has 2 saturated heterocycles. The summed E-state index contributed by atoms with van der Waals surface area (Å²) in [5.41, 5.74) is 0. The van der Waals surface area contributed by atoms with Gasteiger partial charge in [-0.25, -0.2) is 0 Å². The van der Waals surface area contributed by atoms with Gasteiger partial charge in [-0.05, 0) is 0 Å². The molecule has 2 heterocycles. The molecular formula is C28H38O19. The summed E-state index contributed by atoms with van der Waals surface area (Å²) in [5, 5.41) is 0. The van der Waals surface area contributed by atoms with E-state index in [0.29, 0.717) is 0 Å². The van der Waals surface area contributed by atoms with Crippen LogP contribution in [0.25, 0.3) is 0 Å². The minimum atomic E-state index is -1.83. The number of hydrogen-bond donors (Lipinski definition) is 0. The second-order valence-corrected chi connectivity index (χ2v) is 10.3. The SMILES string of the molecule is CC(=O)OC[C@H]1O[C@H](O[C@H]2[C@H](OC(C)=O)[C@H](OC(C)=O)[C@H](OC(C)=O)O[C@@H]2COC(C)=O)[C@@H](OC(C)=O)[C@@H](OC(C)=O)[C@@H]1OC(C)=O. The van der Waals surface area contributed by atoms with Crippen molar-refractivity contribution < 1.29 is 90.5 Å². The average Bonchev–Trinajstić information content (AvgIpc) is 2.91. The molecular weight excluding hydrogens is 640 g/mol. The fraction of sp³-hybridized carbons (Fsp3) is 0.714. The Balaban J connectivity index is 2.73. The summed E-state index contributed by atoms with van der Waals surface area (Å²) in [7, 11) is 0. The molecule has 0 radical (unpaired) electrons. The van der Waals surface area contributed by atoms with E-state index in [1.54, 1.807) is 0 Å². The molecule has 47 heavy (non-hydrogen) atoms. The Morgan fingerprint density at radius 3 is 1.11 bits per heavy atom. The number of carbonyl (C=O) groups is 8. The van der Waals surface area contributed by atoms with Crippen LogP contribution in [0.3, 0.4) is 0 Å². The third kappa shape index (κ3) is 12.1. The van der Waals surface area contributed by atoms with Crippen molar-refractivity contribution in [2.75, 3.05) is 13.2 Å². The Labute approximate surface area is 268 Å². The Morgan fingerprint density at radius 2 is 0.702 bits per heavy atom. The molecule has 0 spiro atoms. The lowest BCUT2D eigenvalue weighted by atomic mass is 9.96. The molecule has 0 aliphatic carbocycles. The molecule has 2 rings (SSSR count). The van der Waals surface area contributed by atoms with Crippen LogP contribution in [0.4, 0.5) is 0 Å². The van der Waals surface area contributed by atoms with E-state index in [1.807, 2.05) is 0 Å². The van der Waals surface area contributed by atoms with Gasteiger partial charge in [0.25, 0.3) is 0 Å². The molecule has 2 fully saturated rings. The Morgan fingerprint density at radius 1 is 0.383 bits per heavy atom. The summed E-state index contributed by atoms with van der Waals surface area (Å²) in [6.45, 7) is 7.05. The zero-order valence-corrected chi connectivity index (χ0v) is 26.9. The van der Waals surface area contributed by atoms with Gasteiger partial charge in [0.1, 0.15) is 31.5 Å². The van der Waals surface area contributed by atoms with E-state index in [2.05, 4.69) is 0 Å². The van der Waals surface area contributed by atoms with Crippen LogP contribution < -0.4 is 0 Å². The number of carbonyl (C=O) groups excluding carboxylic acids is 8. The van der Waals surface area contributed by atoms with E-state index in [0.717, 1.165) is 55.4 Å². The van der Waals surface area contributed by atoms with Gasteiger partial charge in [-0.3, -0.25) is 38.4 Å². The van der Waals surface area contributed by atoms with E-state index in [9.17, 15) is 38.4 Å². The average molecular weight is 679 g/mol. The van der Waals surface area contributed by atoms with Gasteiger partial charge in [0, 0.05) is 55.4 Å². The molecule has 19 heteroatoms. The predicted molar refractivity (Wildman–Crippen MR) is 145 cm³/mol. The Kier molecular flexibility index (Phi) is 14.5. The lowest BCUT2D eigenvalue weighted by Gasteiger charge is -2.48. The largest absolute Gasteiger partial charge is 0.463 e. The van der Waals surface area contributed by atoms with Crippen LogP contribution in [-0.2, 0) is 90.5 Å². The highest BCUT2D eigenvalue weighted by atomic mass is 16.8. The Hall–Kier alpha value is -4.36. The van der Waals surface area contributed by atoms with Gasteiger partial charge in [-0.2, -0.15) is 0 Å². The first-order valence-electron chi connectivity index (χ1n) is 14.2. The first-order valence-corrected chi connectivity index (χ1v) is 14.2. The predicted octanol–water partition coefficient (Wildman–Crippen LogP) is -0.831. The van der Waals surface area contributed by atoms with Gasteiger partial charge in [-0.1, -0.05) is 0 Å². The van der Waals surface area contributed by atoms with Crippen LogP contribution in [0.5, 0.6) is 0 Å². The van der Waals surface area contributed by atoms with Crippen molar-refractivity contribution >= 4 is 47.8 Å². The van der Waals surface area contributed by atoms with Crippen LogP contribution >= 0.6 is 0 Å². The number of hydrogen-bond acceptors (Lipinski definition) is 19. The van der Waals surface area contributed by atoms with Gasteiger partial charge in [0.05, 0.1) is 0 Å². The number of rotatable bonds is 12. The zero-order valence-electron chi connectivity index (χ0n) is 26.9. The van der Waals surface area contributed by atoms with E-state index in [4.69, 9.17) is 52.1 Å². The van der Waals surface area contributed by atoms with E-state index in [-0.39, 0.29) is 0 Å². The smallest absolute Gasteiger partial charge is 0.305 e.